The van der Waals surface area contributed by atoms with Crippen LogP contribution < -0.4 is 11.1 Å². The van der Waals surface area contributed by atoms with Gasteiger partial charge in [-0.3, -0.25) is 0 Å². The maximum absolute atomic E-state index is 6.15. The Morgan fingerprint density at radius 3 is 2.74 bits per heavy atom. The molecule has 1 aromatic heterocycles. The van der Waals surface area contributed by atoms with Crippen LogP contribution in [0.25, 0.3) is 0 Å². The lowest BCUT2D eigenvalue weighted by Gasteiger charge is -2.32. The second kappa shape index (κ2) is 6.90. The van der Waals surface area contributed by atoms with Crippen LogP contribution >= 0.6 is 0 Å². The van der Waals surface area contributed by atoms with Gasteiger partial charge in [-0.25, -0.2) is 4.98 Å². The van der Waals surface area contributed by atoms with Crippen LogP contribution in [-0.2, 0) is 0 Å². The van der Waals surface area contributed by atoms with Crippen molar-refractivity contribution in [1.82, 2.24) is 10.3 Å². The molecule has 2 rings (SSSR count). The van der Waals surface area contributed by atoms with Gasteiger partial charge in [-0.15, -0.1) is 0 Å². The molecule has 0 spiro atoms. The Morgan fingerprint density at radius 2 is 2.11 bits per heavy atom. The summed E-state index contributed by atoms with van der Waals surface area (Å²) in [6.45, 7) is 5.41. The molecule has 3 nitrogen and oxygen atoms in total. The summed E-state index contributed by atoms with van der Waals surface area (Å²) in [6.07, 6.45) is 9.69. The number of nitrogens with one attached hydrogen (secondary N) is 1. The van der Waals surface area contributed by atoms with E-state index in [9.17, 15) is 0 Å². The van der Waals surface area contributed by atoms with Gasteiger partial charge in [-0.05, 0) is 50.3 Å². The number of hydrogen-bond acceptors (Lipinski definition) is 3. The normalized spacial score (nSPS) is 18.4. The highest BCUT2D eigenvalue weighted by Crippen LogP contribution is 2.37. The lowest BCUT2D eigenvalue weighted by Crippen LogP contribution is -2.31. The average Bonchev–Trinajstić information content (AvgIpc) is 2.43. The van der Waals surface area contributed by atoms with Gasteiger partial charge in [0.1, 0.15) is 5.82 Å². The van der Waals surface area contributed by atoms with E-state index in [4.69, 9.17) is 5.73 Å². The molecule has 1 fully saturated rings. The Hall–Kier alpha value is -1.09. The molecule has 3 heteroatoms. The van der Waals surface area contributed by atoms with E-state index >= 15 is 0 Å². The zero-order valence-corrected chi connectivity index (χ0v) is 12.3. The average molecular weight is 261 g/mol. The number of pyridine rings is 1. The summed E-state index contributed by atoms with van der Waals surface area (Å²) in [5, 5.41) is 3.72. The lowest BCUT2D eigenvalue weighted by atomic mass is 9.80. The SMILES string of the molecule is CCCNC(c1c(C)ccnc1N)C1CCCCC1. The van der Waals surface area contributed by atoms with E-state index in [1.165, 1.54) is 43.2 Å². The molecule has 1 saturated carbocycles. The number of anilines is 1. The molecule has 19 heavy (non-hydrogen) atoms. The largest absolute Gasteiger partial charge is 0.383 e. The van der Waals surface area contributed by atoms with Crippen molar-refractivity contribution < 1.29 is 0 Å². The van der Waals surface area contributed by atoms with Gasteiger partial charge in [0.15, 0.2) is 0 Å². The minimum Gasteiger partial charge on any atom is -0.383 e. The van der Waals surface area contributed by atoms with Crippen molar-refractivity contribution in [1.29, 1.82) is 0 Å². The van der Waals surface area contributed by atoms with Crippen molar-refractivity contribution in [2.45, 2.75) is 58.4 Å². The van der Waals surface area contributed by atoms with Crippen LogP contribution in [0.2, 0.25) is 0 Å². The highest BCUT2D eigenvalue weighted by molar-refractivity contribution is 5.46. The van der Waals surface area contributed by atoms with Gasteiger partial charge in [0.25, 0.3) is 0 Å². The summed E-state index contributed by atoms with van der Waals surface area (Å²) in [6, 6.07) is 2.46. The van der Waals surface area contributed by atoms with Crippen LogP contribution in [-0.4, -0.2) is 11.5 Å². The van der Waals surface area contributed by atoms with Crippen LogP contribution in [0.5, 0.6) is 0 Å². The molecule has 1 aromatic rings. The smallest absolute Gasteiger partial charge is 0.128 e. The first kappa shape index (κ1) is 14.3. The van der Waals surface area contributed by atoms with Crippen molar-refractivity contribution in [3.05, 3.63) is 23.4 Å². The maximum Gasteiger partial charge on any atom is 0.128 e. The fourth-order valence-electron chi connectivity index (χ4n) is 3.27. The van der Waals surface area contributed by atoms with Gasteiger partial charge < -0.3 is 11.1 Å². The molecule has 1 unspecified atom stereocenters. The Balaban J connectivity index is 2.25. The minimum atomic E-state index is 0.383. The van der Waals surface area contributed by atoms with Crippen LogP contribution in [0, 0.1) is 12.8 Å². The number of nitrogens with zero attached hydrogens (tertiary/aromatic N) is 1. The summed E-state index contributed by atoms with van der Waals surface area (Å²) in [5.41, 5.74) is 8.66. The zero-order chi connectivity index (χ0) is 13.7. The molecule has 1 aliphatic rings. The molecule has 106 valence electrons. The van der Waals surface area contributed by atoms with Gasteiger partial charge in [0, 0.05) is 17.8 Å². The second-order valence-corrected chi connectivity index (χ2v) is 5.76. The molecule has 1 aliphatic carbocycles. The molecule has 1 atom stereocenters. The van der Waals surface area contributed by atoms with Gasteiger partial charge in [-0.1, -0.05) is 26.2 Å². The Bertz CT molecular complexity index is 377. The lowest BCUT2D eigenvalue weighted by molar-refractivity contribution is 0.271. The highest BCUT2D eigenvalue weighted by Gasteiger charge is 2.27. The molecule has 3 N–H and O–H groups in total. The molecule has 1 heterocycles. The predicted molar refractivity (Wildman–Crippen MR) is 81.0 cm³/mol. The van der Waals surface area contributed by atoms with E-state index in [2.05, 4.69) is 30.2 Å². The second-order valence-electron chi connectivity index (χ2n) is 5.76. The number of aryl methyl sites for hydroxylation is 1. The third kappa shape index (κ3) is 3.47. The predicted octanol–water partition coefficient (Wildman–Crippen LogP) is 3.59. The Morgan fingerprint density at radius 1 is 1.37 bits per heavy atom. The Labute approximate surface area is 117 Å². The number of rotatable bonds is 5. The van der Waals surface area contributed by atoms with Gasteiger partial charge in [0.2, 0.25) is 0 Å². The summed E-state index contributed by atoms with van der Waals surface area (Å²) in [7, 11) is 0. The number of hydrogen-bond donors (Lipinski definition) is 2. The first-order chi connectivity index (χ1) is 9.24. The van der Waals surface area contributed by atoms with Crippen LogP contribution in [0.15, 0.2) is 12.3 Å². The van der Waals surface area contributed by atoms with E-state index in [0.717, 1.165) is 13.0 Å². The molecule has 0 radical (unpaired) electrons. The van der Waals surface area contributed by atoms with Crippen LogP contribution in [0.1, 0.15) is 62.6 Å². The van der Waals surface area contributed by atoms with Crippen molar-refractivity contribution in [2.24, 2.45) is 5.92 Å². The molecule has 0 saturated heterocycles. The molecule has 0 amide bonds. The standard InChI is InChI=1S/C16H27N3/c1-3-10-18-15(13-7-5-4-6-8-13)14-12(2)9-11-19-16(14)17/h9,11,13,15,18H,3-8,10H2,1-2H3,(H2,17,19). The third-order valence-corrected chi connectivity index (χ3v) is 4.29. The van der Waals surface area contributed by atoms with Crippen molar-refractivity contribution in [2.75, 3.05) is 12.3 Å². The molecule has 0 aromatic carbocycles. The van der Waals surface area contributed by atoms with Crippen molar-refractivity contribution in [3.8, 4) is 0 Å². The van der Waals surface area contributed by atoms with Gasteiger partial charge in [-0.2, -0.15) is 0 Å². The maximum atomic E-state index is 6.15. The number of nitrogen functional groups attached to an aromatic ring is 1. The summed E-state index contributed by atoms with van der Waals surface area (Å²) in [5.74, 6) is 1.42. The molecular weight excluding hydrogens is 234 g/mol. The molecule has 0 aliphatic heterocycles. The summed E-state index contributed by atoms with van der Waals surface area (Å²) < 4.78 is 0. The van der Waals surface area contributed by atoms with Gasteiger partial charge >= 0.3 is 0 Å². The zero-order valence-electron chi connectivity index (χ0n) is 12.3. The highest BCUT2D eigenvalue weighted by atomic mass is 14.9. The number of aromatic nitrogens is 1. The molecule has 0 bridgehead atoms. The van der Waals surface area contributed by atoms with E-state index in [1.54, 1.807) is 0 Å². The van der Waals surface area contributed by atoms with Crippen molar-refractivity contribution in [3.63, 3.8) is 0 Å². The van der Waals surface area contributed by atoms with E-state index in [1.807, 2.05) is 6.20 Å². The number of nitrogens with two attached hydrogens (primary N) is 1. The minimum absolute atomic E-state index is 0.383. The first-order valence-electron chi connectivity index (χ1n) is 7.68. The van der Waals surface area contributed by atoms with E-state index in [-0.39, 0.29) is 0 Å². The van der Waals surface area contributed by atoms with Crippen LogP contribution in [0.3, 0.4) is 0 Å². The fourth-order valence-corrected chi connectivity index (χ4v) is 3.27. The van der Waals surface area contributed by atoms with Crippen molar-refractivity contribution >= 4 is 5.82 Å². The summed E-state index contributed by atoms with van der Waals surface area (Å²) >= 11 is 0. The third-order valence-electron chi connectivity index (χ3n) is 4.29. The monoisotopic (exact) mass is 261 g/mol. The Kier molecular flexibility index (Phi) is 5.20. The first-order valence-corrected chi connectivity index (χ1v) is 7.68. The molecular formula is C16H27N3. The van der Waals surface area contributed by atoms with Gasteiger partial charge in [0.05, 0.1) is 0 Å². The van der Waals surface area contributed by atoms with E-state index in [0.29, 0.717) is 17.8 Å². The topological polar surface area (TPSA) is 50.9 Å². The summed E-state index contributed by atoms with van der Waals surface area (Å²) in [4.78, 5) is 4.30. The quantitative estimate of drug-likeness (QED) is 0.851. The van der Waals surface area contributed by atoms with E-state index < -0.39 is 0 Å². The van der Waals surface area contributed by atoms with Crippen LogP contribution in [0.4, 0.5) is 5.82 Å². The fraction of sp³-hybridized carbons (Fsp3) is 0.688.